The molecule has 8 heteroatoms. The molecule has 132 valence electrons. The maximum absolute atomic E-state index is 12.2. The third kappa shape index (κ3) is 5.54. The molecule has 0 bridgehead atoms. The fourth-order valence-corrected chi connectivity index (χ4v) is 2.26. The van der Waals surface area contributed by atoms with Crippen molar-refractivity contribution in [3.63, 3.8) is 0 Å². The molecule has 0 spiro atoms. The minimum absolute atomic E-state index is 0.0546. The molecule has 0 saturated carbocycles. The van der Waals surface area contributed by atoms with Gasteiger partial charge in [0.15, 0.2) is 11.5 Å². The Hall–Kier alpha value is -3.00. The van der Waals surface area contributed by atoms with E-state index in [-0.39, 0.29) is 30.1 Å². The number of aromatic nitrogens is 2. The van der Waals surface area contributed by atoms with E-state index in [1.807, 2.05) is 30.3 Å². The molecule has 1 atom stereocenters. The molecule has 2 aromatic rings. The van der Waals surface area contributed by atoms with E-state index in [9.17, 15) is 9.59 Å². The maximum atomic E-state index is 12.2. The summed E-state index contributed by atoms with van der Waals surface area (Å²) >= 11 is 0. The number of amides is 3. The fourth-order valence-electron chi connectivity index (χ4n) is 2.26. The molecule has 0 aliphatic carbocycles. The molecular formula is C17H21N5O3. The van der Waals surface area contributed by atoms with Gasteiger partial charge in [-0.3, -0.25) is 10.1 Å². The molecule has 1 heterocycles. The molecule has 1 unspecified atom stereocenters. The van der Waals surface area contributed by atoms with Crippen molar-refractivity contribution in [1.82, 2.24) is 20.8 Å². The Morgan fingerprint density at radius 3 is 2.48 bits per heavy atom. The van der Waals surface area contributed by atoms with Crippen molar-refractivity contribution in [1.29, 1.82) is 0 Å². The summed E-state index contributed by atoms with van der Waals surface area (Å²) in [6, 6.07) is 11.8. The molecule has 0 radical (unpaired) electrons. The SMILES string of the molecule is CNC(=O)c1ccc(NC(=O)NC(CCCO)c2ccccc2)nn1. The molecule has 3 amide bonds. The van der Waals surface area contributed by atoms with Crippen LogP contribution in [0.5, 0.6) is 0 Å². The molecule has 1 aromatic heterocycles. The highest BCUT2D eigenvalue weighted by Crippen LogP contribution is 2.18. The van der Waals surface area contributed by atoms with Crippen LogP contribution < -0.4 is 16.0 Å². The molecule has 1 aromatic carbocycles. The number of urea groups is 1. The molecule has 4 N–H and O–H groups in total. The number of benzene rings is 1. The van der Waals surface area contributed by atoms with Crippen LogP contribution in [0.3, 0.4) is 0 Å². The van der Waals surface area contributed by atoms with Crippen molar-refractivity contribution in [2.75, 3.05) is 19.0 Å². The van der Waals surface area contributed by atoms with Crippen LogP contribution in [-0.2, 0) is 0 Å². The standard InChI is InChI=1S/C17H21N5O3/c1-18-16(24)14-9-10-15(22-21-14)20-17(25)19-13(8-5-11-23)12-6-3-2-4-7-12/h2-4,6-7,9-10,13,23H,5,8,11H2,1H3,(H,18,24)(H2,19,20,22,25). The summed E-state index contributed by atoms with van der Waals surface area (Å²) in [5.74, 6) is -0.115. The average Bonchev–Trinajstić information content (AvgIpc) is 2.65. The second kappa shape index (κ2) is 9.33. The number of nitrogens with one attached hydrogen (secondary N) is 3. The van der Waals surface area contributed by atoms with E-state index in [1.54, 1.807) is 0 Å². The van der Waals surface area contributed by atoms with Crippen LogP contribution in [0.1, 0.15) is 34.9 Å². The summed E-state index contributed by atoms with van der Waals surface area (Å²) in [5.41, 5.74) is 1.12. The summed E-state index contributed by atoms with van der Waals surface area (Å²) in [4.78, 5) is 23.6. The van der Waals surface area contributed by atoms with Crippen molar-refractivity contribution < 1.29 is 14.7 Å². The molecule has 0 saturated heterocycles. The number of rotatable bonds is 7. The van der Waals surface area contributed by atoms with Crippen LogP contribution in [0, 0.1) is 0 Å². The number of anilines is 1. The highest BCUT2D eigenvalue weighted by molar-refractivity contribution is 5.92. The monoisotopic (exact) mass is 343 g/mol. The first-order chi connectivity index (χ1) is 12.1. The predicted octanol–water partition coefficient (Wildman–Crippen LogP) is 1.47. The number of hydrogen-bond donors (Lipinski definition) is 4. The number of nitrogens with zero attached hydrogens (tertiary/aromatic N) is 2. The Kier molecular flexibility index (Phi) is 6.85. The summed E-state index contributed by atoms with van der Waals surface area (Å²) in [6.07, 6.45) is 1.18. The summed E-state index contributed by atoms with van der Waals surface area (Å²) in [5, 5.41) is 24.5. The smallest absolute Gasteiger partial charge is 0.320 e. The zero-order chi connectivity index (χ0) is 18.1. The molecule has 0 fully saturated rings. The maximum Gasteiger partial charge on any atom is 0.320 e. The highest BCUT2D eigenvalue weighted by Gasteiger charge is 2.15. The summed E-state index contributed by atoms with van der Waals surface area (Å²) in [7, 11) is 1.50. The van der Waals surface area contributed by atoms with Crippen LogP contribution in [-0.4, -0.2) is 40.9 Å². The number of aliphatic hydroxyl groups is 1. The number of aliphatic hydroxyl groups excluding tert-OH is 1. The van der Waals surface area contributed by atoms with Crippen molar-refractivity contribution >= 4 is 17.8 Å². The largest absolute Gasteiger partial charge is 0.396 e. The Bertz CT molecular complexity index is 691. The zero-order valence-corrected chi connectivity index (χ0v) is 13.9. The highest BCUT2D eigenvalue weighted by atomic mass is 16.3. The van der Waals surface area contributed by atoms with Crippen LogP contribution >= 0.6 is 0 Å². The van der Waals surface area contributed by atoms with Gasteiger partial charge < -0.3 is 15.7 Å². The van der Waals surface area contributed by atoms with Crippen LogP contribution in [0.2, 0.25) is 0 Å². The molecule has 8 nitrogen and oxygen atoms in total. The second-order valence-electron chi connectivity index (χ2n) is 5.31. The van der Waals surface area contributed by atoms with Gasteiger partial charge in [-0.25, -0.2) is 4.79 Å². The lowest BCUT2D eigenvalue weighted by atomic mass is 10.0. The third-order valence-corrected chi connectivity index (χ3v) is 3.52. The minimum atomic E-state index is -0.436. The van der Waals surface area contributed by atoms with Crippen molar-refractivity contribution in [3.8, 4) is 0 Å². The van der Waals surface area contributed by atoms with Crippen LogP contribution in [0.4, 0.5) is 10.6 Å². The number of carbonyl (C=O) groups excluding carboxylic acids is 2. The molecule has 25 heavy (non-hydrogen) atoms. The van der Waals surface area contributed by atoms with Gasteiger partial charge in [0.2, 0.25) is 0 Å². The Labute approximate surface area is 145 Å². The van der Waals surface area contributed by atoms with Crippen molar-refractivity contribution in [2.45, 2.75) is 18.9 Å². The molecular weight excluding hydrogens is 322 g/mol. The Morgan fingerprint density at radius 2 is 1.88 bits per heavy atom. The summed E-state index contributed by atoms with van der Waals surface area (Å²) < 4.78 is 0. The molecule has 2 rings (SSSR count). The first-order valence-corrected chi connectivity index (χ1v) is 7.93. The van der Waals surface area contributed by atoms with Gasteiger partial charge in [0.25, 0.3) is 5.91 Å². The first-order valence-electron chi connectivity index (χ1n) is 7.93. The lowest BCUT2D eigenvalue weighted by molar-refractivity contribution is 0.0957. The van der Waals surface area contributed by atoms with Gasteiger partial charge in [0.1, 0.15) is 0 Å². The Balaban J connectivity index is 1.99. The van der Waals surface area contributed by atoms with Gasteiger partial charge in [-0.15, -0.1) is 10.2 Å². The normalized spacial score (nSPS) is 11.4. The third-order valence-electron chi connectivity index (χ3n) is 3.52. The van der Waals surface area contributed by atoms with E-state index in [4.69, 9.17) is 5.11 Å². The average molecular weight is 343 g/mol. The first kappa shape index (κ1) is 18.3. The predicted molar refractivity (Wildman–Crippen MR) is 93.1 cm³/mol. The fraction of sp³-hybridized carbons (Fsp3) is 0.294. The molecule has 0 aliphatic heterocycles. The van der Waals surface area contributed by atoms with Crippen molar-refractivity contribution in [3.05, 3.63) is 53.7 Å². The van der Waals surface area contributed by atoms with Gasteiger partial charge >= 0.3 is 6.03 Å². The number of hydrogen-bond acceptors (Lipinski definition) is 5. The van der Waals surface area contributed by atoms with E-state index < -0.39 is 6.03 Å². The van der Waals surface area contributed by atoms with Gasteiger partial charge in [0.05, 0.1) is 6.04 Å². The number of carbonyl (C=O) groups is 2. The molecule has 0 aliphatic rings. The second-order valence-corrected chi connectivity index (χ2v) is 5.31. The van der Waals surface area contributed by atoms with Crippen LogP contribution in [0.15, 0.2) is 42.5 Å². The van der Waals surface area contributed by atoms with Gasteiger partial charge in [-0.2, -0.15) is 0 Å². The van der Waals surface area contributed by atoms with E-state index in [0.29, 0.717) is 12.8 Å². The van der Waals surface area contributed by atoms with Crippen molar-refractivity contribution in [2.24, 2.45) is 0 Å². The van der Waals surface area contributed by atoms with Gasteiger partial charge in [-0.1, -0.05) is 30.3 Å². The van der Waals surface area contributed by atoms with Crippen LogP contribution in [0.25, 0.3) is 0 Å². The quantitative estimate of drug-likeness (QED) is 0.607. The van der Waals surface area contributed by atoms with Gasteiger partial charge in [0, 0.05) is 13.7 Å². The van der Waals surface area contributed by atoms with Gasteiger partial charge in [-0.05, 0) is 30.5 Å². The van der Waals surface area contributed by atoms with E-state index in [2.05, 4.69) is 26.1 Å². The van der Waals surface area contributed by atoms with E-state index in [0.717, 1.165) is 5.56 Å². The Morgan fingerprint density at radius 1 is 1.12 bits per heavy atom. The zero-order valence-electron chi connectivity index (χ0n) is 13.9. The lowest BCUT2D eigenvalue weighted by Crippen LogP contribution is -2.33. The lowest BCUT2D eigenvalue weighted by Gasteiger charge is -2.19. The van der Waals surface area contributed by atoms with E-state index >= 15 is 0 Å². The topological polar surface area (TPSA) is 116 Å². The minimum Gasteiger partial charge on any atom is -0.396 e. The summed E-state index contributed by atoms with van der Waals surface area (Å²) in [6.45, 7) is 0.0546. The van der Waals surface area contributed by atoms with E-state index in [1.165, 1.54) is 19.2 Å².